The van der Waals surface area contributed by atoms with Gasteiger partial charge in [0.25, 0.3) is 0 Å². The lowest BCUT2D eigenvalue weighted by molar-refractivity contribution is 0.403. The van der Waals surface area contributed by atoms with Gasteiger partial charge in [0.1, 0.15) is 0 Å². The Kier molecular flexibility index (Phi) is 5.07. The molecule has 0 fully saturated rings. The standard InChI is InChI=1S/C17H24ClN3/c1-17(2,3)19-11-14(13-8-6-5-7-9-13)10-16-15(18)12-20-21(16)4/h5-9,12,14,19H,10-11H2,1-4H3. The Hall–Kier alpha value is -1.32. The fraction of sp³-hybridized carbons (Fsp3) is 0.471. The van der Waals surface area contributed by atoms with Crippen LogP contribution in [-0.2, 0) is 13.5 Å². The molecule has 21 heavy (non-hydrogen) atoms. The average molecular weight is 306 g/mol. The van der Waals surface area contributed by atoms with Crippen molar-refractivity contribution < 1.29 is 0 Å². The summed E-state index contributed by atoms with van der Waals surface area (Å²) in [6, 6.07) is 10.6. The molecule has 2 aromatic rings. The first kappa shape index (κ1) is 16.1. The highest BCUT2D eigenvalue weighted by Crippen LogP contribution is 2.25. The van der Waals surface area contributed by atoms with Gasteiger partial charge in [-0.2, -0.15) is 5.10 Å². The first-order valence-electron chi connectivity index (χ1n) is 7.33. The van der Waals surface area contributed by atoms with E-state index in [9.17, 15) is 0 Å². The zero-order valence-electron chi connectivity index (χ0n) is 13.2. The predicted molar refractivity (Wildman–Crippen MR) is 88.9 cm³/mol. The van der Waals surface area contributed by atoms with Gasteiger partial charge in [0.2, 0.25) is 0 Å². The predicted octanol–water partition coefficient (Wildman–Crippen LogP) is 3.79. The normalized spacial score (nSPS) is 13.4. The van der Waals surface area contributed by atoms with Crippen LogP contribution in [0.25, 0.3) is 0 Å². The third kappa shape index (κ3) is 4.58. The van der Waals surface area contributed by atoms with E-state index in [1.165, 1.54) is 5.56 Å². The molecule has 3 nitrogen and oxygen atoms in total. The number of hydrogen-bond acceptors (Lipinski definition) is 2. The molecule has 0 saturated heterocycles. The summed E-state index contributed by atoms with van der Waals surface area (Å²) in [4.78, 5) is 0. The number of benzene rings is 1. The Labute approximate surface area is 132 Å². The Balaban J connectivity index is 2.20. The lowest BCUT2D eigenvalue weighted by atomic mass is 9.93. The largest absolute Gasteiger partial charge is 0.311 e. The van der Waals surface area contributed by atoms with Gasteiger partial charge in [0, 0.05) is 25.0 Å². The lowest BCUT2D eigenvalue weighted by Crippen LogP contribution is -2.39. The van der Waals surface area contributed by atoms with E-state index in [2.05, 4.69) is 61.5 Å². The molecule has 0 bridgehead atoms. The quantitative estimate of drug-likeness (QED) is 0.911. The smallest absolute Gasteiger partial charge is 0.0817 e. The summed E-state index contributed by atoms with van der Waals surface area (Å²) in [6.07, 6.45) is 2.60. The van der Waals surface area contributed by atoms with E-state index in [1.807, 2.05) is 11.7 Å². The summed E-state index contributed by atoms with van der Waals surface area (Å²) in [5, 5.41) is 8.58. The molecule has 0 aliphatic rings. The van der Waals surface area contributed by atoms with Crippen LogP contribution in [0.5, 0.6) is 0 Å². The maximum Gasteiger partial charge on any atom is 0.0817 e. The number of nitrogens with one attached hydrogen (secondary N) is 1. The molecule has 0 aliphatic carbocycles. The van der Waals surface area contributed by atoms with Gasteiger partial charge in [-0.05, 0) is 32.8 Å². The van der Waals surface area contributed by atoms with Crippen molar-refractivity contribution in [3.63, 3.8) is 0 Å². The molecule has 0 saturated carbocycles. The molecule has 1 N–H and O–H groups in total. The molecule has 1 unspecified atom stereocenters. The third-order valence-corrected chi connectivity index (χ3v) is 3.92. The SMILES string of the molecule is Cn1ncc(Cl)c1CC(CNC(C)(C)C)c1ccccc1. The van der Waals surface area contributed by atoms with E-state index in [-0.39, 0.29) is 5.54 Å². The fourth-order valence-electron chi connectivity index (χ4n) is 2.36. The van der Waals surface area contributed by atoms with Gasteiger partial charge in [-0.15, -0.1) is 0 Å². The lowest BCUT2D eigenvalue weighted by Gasteiger charge is -2.26. The molecule has 4 heteroatoms. The number of aromatic nitrogens is 2. The number of rotatable bonds is 5. The van der Waals surface area contributed by atoms with E-state index in [1.54, 1.807) is 6.20 Å². The van der Waals surface area contributed by atoms with Crippen molar-refractivity contribution in [3.8, 4) is 0 Å². The number of halogens is 1. The molecule has 0 aliphatic heterocycles. The van der Waals surface area contributed by atoms with Crippen LogP contribution in [0.3, 0.4) is 0 Å². The van der Waals surface area contributed by atoms with Crippen molar-refractivity contribution in [2.24, 2.45) is 7.05 Å². The first-order chi connectivity index (χ1) is 9.87. The summed E-state index contributed by atoms with van der Waals surface area (Å²) in [5.41, 5.74) is 2.51. The van der Waals surface area contributed by atoms with Crippen LogP contribution in [0.4, 0.5) is 0 Å². The van der Waals surface area contributed by atoms with Crippen molar-refractivity contribution >= 4 is 11.6 Å². The molecule has 2 rings (SSSR count). The van der Waals surface area contributed by atoms with Gasteiger partial charge in [0.05, 0.1) is 16.9 Å². The summed E-state index contributed by atoms with van der Waals surface area (Å²) in [6.45, 7) is 7.47. The van der Waals surface area contributed by atoms with Gasteiger partial charge in [-0.1, -0.05) is 41.9 Å². The second-order valence-corrected chi connectivity index (χ2v) is 6.91. The minimum atomic E-state index is 0.100. The maximum atomic E-state index is 6.26. The summed E-state index contributed by atoms with van der Waals surface area (Å²) >= 11 is 6.26. The van der Waals surface area contributed by atoms with Crippen LogP contribution < -0.4 is 5.32 Å². The Morgan fingerprint density at radius 1 is 1.24 bits per heavy atom. The van der Waals surface area contributed by atoms with E-state index >= 15 is 0 Å². The van der Waals surface area contributed by atoms with Crippen LogP contribution >= 0.6 is 11.6 Å². The van der Waals surface area contributed by atoms with E-state index in [0.29, 0.717) is 5.92 Å². The zero-order chi connectivity index (χ0) is 15.5. The number of aryl methyl sites for hydroxylation is 1. The highest BCUT2D eigenvalue weighted by molar-refractivity contribution is 6.31. The van der Waals surface area contributed by atoms with Crippen LogP contribution in [0, 0.1) is 0 Å². The molecule has 0 amide bonds. The number of nitrogens with zero attached hydrogens (tertiary/aromatic N) is 2. The number of hydrogen-bond donors (Lipinski definition) is 1. The molecular formula is C17H24ClN3. The summed E-state index contributed by atoms with van der Waals surface area (Å²) in [7, 11) is 1.94. The molecule has 1 aromatic carbocycles. The molecule has 1 aromatic heterocycles. The van der Waals surface area contributed by atoms with Crippen LogP contribution in [0.2, 0.25) is 5.02 Å². The highest BCUT2D eigenvalue weighted by atomic mass is 35.5. The molecule has 1 atom stereocenters. The molecule has 0 radical (unpaired) electrons. The van der Waals surface area contributed by atoms with Crippen molar-refractivity contribution in [1.82, 2.24) is 15.1 Å². The van der Waals surface area contributed by atoms with Crippen LogP contribution in [0.15, 0.2) is 36.5 Å². The van der Waals surface area contributed by atoms with Gasteiger partial charge in [-0.25, -0.2) is 0 Å². The topological polar surface area (TPSA) is 29.9 Å². The third-order valence-electron chi connectivity index (χ3n) is 3.60. The minimum Gasteiger partial charge on any atom is -0.311 e. The van der Waals surface area contributed by atoms with Gasteiger partial charge in [-0.3, -0.25) is 4.68 Å². The molecule has 1 heterocycles. The van der Waals surface area contributed by atoms with Gasteiger partial charge in [0.15, 0.2) is 0 Å². The molecular weight excluding hydrogens is 282 g/mol. The summed E-state index contributed by atoms with van der Waals surface area (Å²) < 4.78 is 1.87. The average Bonchev–Trinajstić information content (AvgIpc) is 2.74. The van der Waals surface area contributed by atoms with Crippen molar-refractivity contribution in [1.29, 1.82) is 0 Å². The second kappa shape index (κ2) is 6.63. The van der Waals surface area contributed by atoms with Crippen LogP contribution in [-0.4, -0.2) is 21.9 Å². The zero-order valence-corrected chi connectivity index (χ0v) is 14.0. The van der Waals surface area contributed by atoms with Gasteiger partial charge < -0.3 is 5.32 Å². The van der Waals surface area contributed by atoms with Crippen molar-refractivity contribution in [2.75, 3.05) is 6.54 Å². The Morgan fingerprint density at radius 3 is 2.43 bits per heavy atom. The second-order valence-electron chi connectivity index (χ2n) is 6.51. The maximum absolute atomic E-state index is 6.26. The first-order valence-corrected chi connectivity index (χ1v) is 7.71. The van der Waals surface area contributed by atoms with Crippen molar-refractivity contribution in [3.05, 3.63) is 52.8 Å². The molecule has 0 spiro atoms. The van der Waals surface area contributed by atoms with E-state index in [4.69, 9.17) is 11.6 Å². The van der Waals surface area contributed by atoms with Crippen molar-refractivity contribution in [2.45, 2.75) is 38.6 Å². The van der Waals surface area contributed by atoms with Gasteiger partial charge >= 0.3 is 0 Å². The van der Waals surface area contributed by atoms with E-state index in [0.717, 1.165) is 23.7 Å². The minimum absolute atomic E-state index is 0.100. The fourth-order valence-corrected chi connectivity index (χ4v) is 2.60. The van der Waals surface area contributed by atoms with Crippen LogP contribution in [0.1, 0.15) is 37.9 Å². The highest BCUT2D eigenvalue weighted by Gasteiger charge is 2.19. The van der Waals surface area contributed by atoms with E-state index < -0.39 is 0 Å². The summed E-state index contributed by atoms with van der Waals surface area (Å²) in [5.74, 6) is 0.373. The molecule has 114 valence electrons. The Morgan fingerprint density at radius 2 is 1.90 bits per heavy atom. The monoisotopic (exact) mass is 305 g/mol. The Bertz CT molecular complexity index is 550.